The van der Waals surface area contributed by atoms with Gasteiger partial charge >= 0.3 is 0 Å². The Kier molecular flexibility index (Phi) is 6.73. The van der Waals surface area contributed by atoms with Gasteiger partial charge in [-0.2, -0.15) is 4.98 Å². The highest BCUT2D eigenvalue weighted by Gasteiger charge is 2.15. The molecule has 156 valence electrons. The van der Waals surface area contributed by atoms with Crippen LogP contribution < -0.4 is 24.8 Å². The minimum atomic E-state index is -0.255. The smallest absolute Gasteiger partial charge is 0.254 e. The van der Waals surface area contributed by atoms with Crippen LogP contribution in [0.15, 0.2) is 47.1 Å². The van der Waals surface area contributed by atoms with Gasteiger partial charge in [0.05, 0.1) is 30.5 Å². The molecule has 0 aliphatic carbocycles. The van der Waals surface area contributed by atoms with E-state index in [1.54, 1.807) is 57.8 Å². The van der Waals surface area contributed by atoms with Crippen LogP contribution in [-0.2, 0) is 0 Å². The van der Waals surface area contributed by atoms with Gasteiger partial charge < -0.3 is 24.8 Å². The van der Waals surface area contributed by atoms with Crippen LogP contribution in [0, 0.1) is 6.92 Å². The number of carbonyl (C=O) groups is 1. The molecule has 1 aromatic heterocycles. The van der Waals surface area contributed by atoms with E-state index in [1.165, 1.54) is 0 Å². The zero-order valence-corrected chi connectivity index (χ0v) is 18.5. The van der Waals surface area contributed by atoms with Crippen LogP contribution in [0.1, 0.15) is 15.9 Å². The molecule has 0 radical (unpaired) electrons. The number of anilines is 2. The van der Waals surface area contributed by atoms with E-state index < -0.39 is 0 Å². The monoisotopic (exact) mass is 472 g/mol. The Hall–Kier alpha value is -3.33. The molecule has 0 aliphatic rings. The summed E-state index contributed by atoms with van der Waals surface area (Å²) >= 11 is 3.39. The Balaban J connectivity index is 1.90. The number of halogens is 1. The Labute approximate surface area is 182 Å². The van der Waals surface area contributed by atoms with Gasteiger partial charge in [0.25, 0.3) is 5.91 Å². The number of rotatable bonds is 7. The number of para-hydroxylation sites is 1. The molecule has 0 unspecified atom stereocenters. The lowest BCUT2D eigenvalue weighted by molar-refractivity contribution is 0.0960. The van der Waals surface area contributed by atoms with Crippen LogP contribution in [0.5, 0.6) is 23.1 Å². The molecule has 2 N–H and O–H groups in total. The van der Waals surface area contributed by atoms with Crippen LogP contribution >= 0.6 is 15.9 Å². The zero-order chi connectivity index (χ0) is 21.7. The molecule has 2 aromatic carbocycles. The van der Waals surface area contributed by atoms with Gasteiger partial charge in [0.2, 0.25) is 11.8 Å². The van der Waals surface area contributed by atoms with Crippen molar-refractivity contribution in [2.75, 3.05) is 26.6 Å². The van der Waals surface area contributed by atoms with Crippen molar-refractivity contribution in [2.24, 2.45) is 0 Å². The molecule has 3 aromatic rings. The van der Waals surface area contributed by atoms with Crippen molar-refractivity contribution in [3.63, 3.8) is 0 Å². The summed E-state index contributed by atoms with van der Waals surface area (Å²) in [6.45, 7) is 1.92. The predicted octanol–water partition coefficient (Wildman–Crippen LogP) is 4.46. The summed E-state index contributed by atoms with van der Waals surface area (Å²) in [7, 11) is 4.73. The topological polar surface area (TPSA) is 94.6 Å². The molecule has 0 spiro atoms. The number of aryl methyl sites for hydroxylation is 1. The number of hydrogen-bond donors (Lipinski definition) is 2. The highest BCUT2D eigenvalue weighted by Crippen LogP contribution is 2.35. The molecule has 3 rings (SSSR count). The van der Waals surface area contributed by atoms with Gasteiger partial charge in [-0.1, -0.05) is 12.1 Å². The lowest BCUT2D eigenvalue weighted by Crippen LogP contribution is -2.18. The fraction of sp³-hybridized carbons (Fsp3) is 0.190. The van der Waals surface area contributed by atoms with Crippen LogP contribution in [-0.4, -0.2) is 37.1 Å². The maximum absolute atomic E-state index is 12.1. The first kappa shape index (κ1) is 21.4. The summed E-state index contributed by atoms with van der Waals surface area (Å²) in [5.74, 6) is 1.96. The van der Waals surface area contributed by atoms with Crippen LogP contribution in [0.25, 0.3) is 0 Å². The highest BCUT2D eigenvalue weighted by atomic mass is 79.9. The number of amides is 1. The van der Waals surface area contributed by atoms with E-state index in [2.05, 4.69) is 36.5 Å². The van der Waals surface area contributed by atoms with Crippen molar-refractivity contribution in [1.82, 2.24) is 15.3 Å². The second kappa shape index (κ2) is 9.45. The van der Waals surface area contributed by atoms with Crippen LogP contribution in [0.2, 0.25) is 0 Å². The number of ether oxygens (including phenoxy) is 3. The predicted molar refractivity (Wildman–Crippen MR) is 117 cm³/mol. The molecule has 0 bridgehead atoms. The molecular weight excluding hydrogens is 452 g/mol. The standard InChI is InChI=1S/C21H21BrN4O4/c1-12-9-13(10-17(28-3)18(12)29-4)25-21-24-11-15(22)20(26-21)30-16-8-6-5-7-14(16)19(27)23-2/h5-11H,1-4H3,(H,23,27)(H,24,25,26). The van der Waals surface area contributed by atoms with E-state index in [9.17, 15) is 4.79 Å². The van der Waals surface area contributed by atoms with E-state index in [-0.39, 0.29) is 11.8 Å². The minimum absolute atomic E-state index is 0.255. The number of benzene rings is 2. The number of carbonyl (C=O) groups excluding carboxylic acids is 1. The number of nitrogens with one attached hydrogen (secondary N) is 2. The summed E-state index contributed by atoms with van der Waals surface area (Å²) in [6.07, 6.45) is 1.57. The third-order valence-corrected chi connectivity index (χ3v) is 4.74. The molecule has 0 saturated carbocycles. The maximum atomic E-state index is 12.1. The van der Waals surface area contributed by atoms with Gasteiger partial charge in [0, 0.05) is 18.8 Å². The SMILES string of the molecule is CNC(=O)c1ccccc1Oc1nc(Nc2cc(C)c(OC)c(OC)c2)ncc1Br. The fourth-order valence-corrected chi connectivity index (χ4v) is 3.09. The largest absolute Gasteiger partial charge is 0.493 e. The molecule has 0 fully saturated rings. The lowest BCUT2D eigenvalue weighted by Gasteiger charge is -2.14. The Morgan fingerprint density at radius 3 is 2.57 bits per heavy atom. The first-order valence-electron chi connectivity index (χ1n) is 8.98. The van der Waals surface area contributed by atoms with Gasteiger partial charge in [0.1, 0.15) is 5.75 Å². The van der Waals surface area contributed by atoms with Crippen molar-refractivity contribution in [3.05, 3.63) is 58.2 Å². The quantitative estimate of drug-likeness (QED) is 0.523. The Bertz CT molecular complexity index is 1070. The number of hydrogen-bond acceptors (Lipinski definition) is 7. The molecule has 9 heteroatoms. The molecule has 1 amide bonds. The summed E-state index contributed by atoms with van der Waals surface area (Å²) < 4.78 is 17.2. The third-order valence-electron chi connectivity index (χ3n) is 4.20. The van der Waals surface area contributed by atoms with E-state index in [0.717, 1.165) is 11.3 Å². The molecule has 8 nitrogen and oxygen atoms in total. The molecule has 0 saturated heterocycles. The zero-order valence-electron chi connectivity index (χ0n) is 16.9. The fourth-order valence-electron chi connectivity index (χ4n) is 2.82. The second-order valence-electron chi connectivity index (χ2n) is 6.18. The third kappa shape index (κ3) is 4.62. The van der Waals surface area contributed by atoms with E-state index in [4.69, 9.17) is 14.2 Å². The summed E-state index contributed by atoms with van der Waals surface area (Å²) in [6, 6.07) is 10.6. The van der Waals surface area contributed by atoms with Gasteiger partial charge in [-0.3, -0.25) is 4.79 Å². The summed E-state index contributed by atoms with van der Waals surface area (Å²) in [4.78, 5) is 20.8. The van der Waals surface area contributed by atoms with Gasteiger partial charge in [-0.25, -0.2) is 4.98 Å². The highest BCUT2D eigenvalue weighted by molar-refractivity contribution is 9.10. The van der Waals surface area contributed by atoms with Crippen molar-refractivity contribution in [1.29, 1.82) is 0 Å². The Morgan fingerprint density at radius 2 is 1.87 bits per heavy atom. The molecule has 0 atom stereocenters. The average Bonchev–Trinajstić information content (AvgIpc) is 2.75. The Morgan fingerprint density at radius 1 is 1.10 bits per heavy atom. The molecule has 1 heterocycles. The van der Waals surface area contributed by atoms with Crippen molar-refractivity contribution in [3.8, 4) is 23.1 Å². The van der Waals surface area contributed by atoms with E-state index in [0.29, 0.717) is 33.2 Å². The summed E-state index contributed by atoms with van der Waals surface area (Å²) in [5.41, 5.74) is 2.02. The first-order valence-corrected chi connectivity index (χ1v) is 9.77. The minimum Gasteiger partial charge on any atom is -0.493 e. The lowest BCUT2D eigenvalue weighted by atomic mass is 10.2. The van der Waals surface area contributed by atoms with Crippen molar-refractivity contribution in [2.45, 2.75) is 6.92 Å². The van der Waals surface area contributed by atoms with Gasteiger partial charge in [-0.15, -0.1) is 0 Å². The van der Waals surface area contributed by atoms with Crippen molar-refractivity contribution >= 4 is 33.5 Å². The average molecular weight is 473 g/mol. The first-order chi connectivity index (χ1) is 14.5. The normalized spacial score (nSPS) is 10.3. The second-order valence-corrected chi connectivity index (χ2v) is 7.03. The van der Waals surface area contributed by atoms with Gasteiger partial charge in [-0.05, 0) is 46.6 Å². The summed E-state index contributed by atoms with van der Waals surface area (Å²) in [5, 5.41) is 5.73. The van der Waals surface area contributed by atoms with Crippen LogP contribution in [0.3, 0.4) is 0 Å². The molecule has 30 heavy (non-hydrogen) atoms. The number of aromatic nitrogens is 2. The maximum Gasteiger partial charge on any atom is 0.254 e. The van der Waals surface area contributed by atoms with Crippen LogP contribution in [0.4, 0.5) is 11.6 Å². The van der Waals surface area contributed by atoms with E-state index in [1.807, 2.05) is 13.0 Å². The van der Waals surface area contributed by atoms with Crippen molar-refractivity contribution < 1.29 is 19.0 Å². The number of methoxy groups -OCH3 is 2. The number of nitrogens with zero attached hydrogens (tertiary/aromatic N) is 2. The molecular formula is C21H21BrN4O4. The van der Waals surface area contributed by atoms with Gasteiger partial charge in [0.15, 0.2) is 11.5 Å². The molecule has 0 aliphatic heterocycles. The van der Waals surface area contributed by atoms with E-state index >= 15 is 0 Å².